The number of amides is 1. The van der Waals surface area contributed by atoms with Crippen molar-refractivity contribution in [3.8, 4) is 0 Å². The maximum Gasteiger partial charge on any atom is 0.408 e. The molecule has 6 rings (SSSR count). The molecule has 1 amide bonds. The van der Waals surface area contributed by atoms with Gasteiger partial charge in [0.2, 0.25) is 0 Å². The summed E-state index contributed by atoms with van der Waals surface area (Å²) < 4.78 is 41.3. The Labute approximate surface area is 363 Å². The topological polar surface area (TPSA) is 244 Å². The molecule has 2 heterocycles. The monoisotopic (exact) mass is 885 g/mol. The number of ether oxygens (including phenoxy) is 6. The van der Waals surface area contributed by atoms with E-state index in [2.05, 4.69) is 5.32 Å². The Kier molecular flexibility index (Phi) is 12.9. The number of carbonyl (C=O) groups excluding carboxylic acids is 6. The molecule has 1 unspecified atom stereocenters. The number of ketones is 1. The minimum absolute atomic E-state index is 0.0322. The first kappa shape index (κ1) is 46.7. The van der Waals surface area contributed by atoms with Gasteiger partial charge in [0.15, 0.2) is 17.5 Å². The zero-order chi connectivity index (χ0) is 45.7. The van der Waals surface area contributed by atoms with Crippen LogP contribution in [0, 0.1) is 16.7 Å². The summed E-state index contributed by atoms with van der Waals surface area (Å²) in [5.41, 5.74) is -8.79. The van der Waals surface area contributed by atoms with Gasteiger partial charge in [0.25, 0.3) is 0 Å². The Morgan fingerprint density at radius 2 is 1.69 bits per heavy atom. The number of hydrogen-bond acceptors (Lipinski definition) is 17. The Balaban J connectivity index is 1.52. The fraction of sp³-hybridized carbons (Fsp3) is 0.591. The van der Waals surface area contributed by atoms with Crippen molar-refractivity contribution in [1.82, 2.24) is 5.32 Å². The third-order valence-electron chi connectivity index (χ3n) is 12.8. The molecule has 1 aliphatic heterocycles. The number of fused-ring (bicyclic) bond motifs is 5. The lowest BCUT2D eigenvalue weighted by Gasteiger charge is -2.67. The van der Waals surface area contributed by atoms with Gasteiger partial charge < -0.3 is 53.5 Å². The van der Waals surface area contributed by atoms with Gasteiger partial charge in [-0.15, -0.1) is 0 Å². The van der Waals surface area contributed by atoms with E-state index >= 15 is 4.79 Å². The first-order valence-corrected chi connectivity index (χ1v) is 21.6. The maximum absolute atomic E-state index is 15.4. The van der Waals surface area contributed by atoms with Crippen molar-refractivity contribution in [2.75, 3.05) is 18.6 Å². The van der Waals surface area contributed by atoms with Crippen LogP contribution in [0.1, 0.15) is 90.4 Å². The van der Waals surface area contributed by atoms with E-state index in [4.69, 9.17) is 32.8 Å². The Morgan fingerprint density at radius 1 is 1.02 bits per heavy atom. The Bertz CT molecular complexity index is 2100. The standard InChI is InChI=1S/C44H55NO16S/c1-22-26(57-38(52)33(49)31(25-16-13-17-55-25)45-39(53)61-40(3,4)5)19-44(54)36(59-37(51)24-14-11-10-12-15-24)34-42(8,35(50)32(48)30(22)41(44,6)7)27(58-29(47)20-62-9)18-28-43(34,21-56-28)60-23(2)46/h10-17,26-28,31-34,36,48-49,54H,18-21H2,1-9H3,(H,45,53)/t26-,27-,28+,31-,32+,33+,34?,36-,42+,43-,44+/m0/s1. The first-order chi connectivity index (χ1) is 28.9. The van der Waals surface area contributed by atoms with Gasteiger partial charge in [-0.25, -0.2) is 14.4 Å². The number of benzene rings is 1. The second-order valence-electron chi connectivity index (χ2n) is 18.1. The summed E-state index contributed by atoms with van der Waals surface area (Å²) in [6, 6.07) is 9.16. The lowest BCUT2D eigenvalue weighted by molar-refractivity contribution is -0.346. The number of alkyl carbamates (subject to hydrolysis) is 1. The normalized spacial score (nSPS) is 32.2. The van der Waals surface area contributed by atoms with Crippen LogP contribution in [0.5, 0.6) is 0 Å². The summed E-state index contributed by atoms with van der Waals surface area (Å²) in [5, 5.41) is 40.1. The van der Waals surface area contributed by atoms with E-state index < -0.39 is 118 Å². The second-order valence-corrected chi connectivity index (χ2v) is 18.9. The SMILES string of the molecule is CSCC(=O)O[C@H]1C[C@H]2OC[C@@]2(OC(C)=O)C2[C@H](OC(=O)c3ccccc3)[C@]3(O)C[C@H](OC(=O)[C@H](O)[C@@H](NC(=O)OC(C)(C)C)c4ccco4)C(C)=C([C@@H](O)C(=O)[C@@]21C)C3(C)C. The third-order valence-corrected chi connectivity index (χ3v) is 13.3. The van der Waals surface area contributed by atoms with E-state index in [0.29, 0.717) is 0 Å². The summed E-state index contributed by atoms with van der Waals surface area (Å²) in [6.07, 6.45) is -8.75. The van der Waals surface area contributed by atoms with Crippen LogP contribution in [0.4, 0.5) is 4.79 Å². The van der Waals surface area contributed by atoms with Crippen molar-refractivity contribution >= 4 is 47.5 Å². The second kappa shape index (κ2) is 17.1. The van der Waals surface area contributed by atoms with Crippen LogP contribution in [-0.4, -0.2) is 123 Å². The molecule has 11 atom stereocenters. The van der Waals surface area contributed by atoms with Crippen LogP contribution < -0.4 is 5.32 Å². The van der Waals surface area contributed by atoms with Gasteiger partial charge in [-0.05, 0) is 76.3 Å². The van der Waals surface area contributed by atoms with Gasteiger partial charge >= 0.3 is 30.0 Å². The third kappa shape index (κ3) is 8.15. The molecule has 62 heavy (non-hydrogen) atoms. The fourth-order valence-electron chi connectivity index (χ4n) is 9.79. The number of thioether (sulfide) groups is 1. The largest absolute Gasteiger partial charge is 0.467 e. The minimum atomic E-state index is -2.41. The molecule has 1 saturated heterocycles. The van der Waals surface area contributed by atoms with Crippen molar-refractivity contribution < 1.29 is 76.9 Å². The van der Waals surface area contributed by atoms with E-state index in [1.54, 1.807) is 45.2 Å². The molecule has 4 aliphatic rings. The molecule has 18 heteroatoms. The quantitative estimate of drug-likeness (QED) is 0.143. The molecule has 17 nitrogen and oxygen atoms in total. The van der Waals surface area contributed by atoms with Crippen LogP contribution >= 0.6 is 11.8 Å². The molecule has 0 radical (unpaired) electrons. The number of carbonyl (C=O) groups is 6. The van der Waals surface area contributed by atoms with Crippen molar-refractivity contribution in [2.24, 2.45) is 16.7 Å². The zero-order valence-electron chi connectivity index (χ0n) is 36.1. The molecular weight excluding hydrogens is 831 g/mol. The van der Waals surface area contributed by atoms with Crippen LogP contribution in [0.3, 0.4) is 0 Å². The van der Waals surface area contributed by atoms with E-state index in [-0.39, 0.29) is 41.3 Å². The van der Waals surface area contributed by atoms with Crippen LogP contribution in [0.2, 0.25) is 0 Å². The van der Waals surface area contributed by atoms with Crippen LogP contribution in [-0.2, 0) is 47.6 Å². The molecular formula is C44H55NO16S. The lowest BCUT2D eigenvalue weighted by Crippen LogP contribution is -2.82. The zero-order valence-corrected chi connectivity index (χ0v) is 36.9. The lowest BCUT2D eigenvalue weighted by atomic mass is 9.44. The summed E-state index contributed by atoms with van der Waals surface area (Å²) in [7, 11) is 0. The van der Waals surface area contributed by atoms with E-state index in [1.807, 2.05) is 0 Å². The Hall–Kier alpha value is -4.75. The van der Waals surface area contributed by atoms with Crippen molar-refractivity contribution in [3.63, 3.8) is 0 Å². The van der Waals surface area contributed by atoms with Crippen molar-refractivity contribution in [1.29, 1.82) is 0 Å². The number of Topliss-reactive ketones (excluding diaryl/α,β-unsaturated/α-hetero) is 1. The van der Waals surface area contributed by atoms with Gasteiger partial charge in [0.05, 0.1) is 35.5 Å². The van der Waals surface area contributed by atoms with Crippen LogP contribution in [0.15, 0.2) is 64.3 Å². The highest BCUT2D eigenvalue weighted by Crippen LogP contribution is 2.64. The van der Waals surface area contributed by atoms with Gasteiger partial charge in [-0.2, -0.15) is 11.8 Å². The molecule has 0 spiro atoms. The van der Waals surface area contributed by atoms with E-state index in [1.165, 1.54) is 70.0 Å². The van der Waals surface area contributed by atoms with Gasteiger partial charge in [0.1, 0.15) is 53.5 Å². The van der Waals surface area contributed by atoms with Crippen molar-refractivity contribution in [2.45, 2.75) is 128 Å². The molecule has 1 aromatic carbocycles. The summed E-state index contributed by atoms with van der Waals surface area (Å²) in [4.78, 5) is 83.0. The molecule has 338 valence electrons. The van der Waals surface area contributed by atoms with E-state index in [0.717, 1.165) is 6.92 Å². The molecule has 2 saturated carbocycles. The smallest absolute Gasteiger partial charge is 0.408 e. The van der Waals surface area contributed by atoms with Gasteiger partial charge in [0, 0.05) is 25.2 Å². The molecule has 4 N–H and O–H groups in total. The molecule has 2 aromatic rings. The number of nitrogens with one attached hydrogen (secondary N) is 1. The first-order valence-electron chi connectivity index (χ1n) is 20.3. The highest BCUT2D eigenvalue weighted by atomic mass is 32.2. The predicted molar refractivity (Wildman–Crippen MR) is 218 cm³/mol. The predicted octanol–water partition coefficient (Wildman–Crippen LogP) is 3.77. The molecule has 3 aliphatic carbocycles. The average molecular weight is 886 g/mol. The van der Waals surface area contributed by atoms with Gasteiger partial charge in [-0.3, -0.25) is 14.4 Å². The summed E-state index contributed by atoms with van der Waals surface area (Å²) >= 11 is 1.17. The number of rotatable bonds is 11. The average Bonchev–Trinajstić information content (AvgIpc) is 3.72. The maximum atomic E-state index is 15.4. The molecule has 2 bridgehead atoms. The van der Waals surface area contributed by atoms with Crippen LogP contribution in [0.25, 0.3) is 0 Å². The minimum Gasteiger partial charge on any atom is -0.467 e. The highest BCUT2D eigenvalue weighted by molar-refractivity contribution is 7.99. The fourth-order valence-corrected chi connectivity index (χ4v) is 10.1. The molecule has 3 fully saturated rings. The number of hydrogen-bond donors (Lipinski definition) is 4. The number of esters is 4. The Morgan fingerprint density at radius 3 is 2.26 bits per heavy atom. The number of furan rings is 1. The molecule has 1 aromatic heterocycles. The number of aliphatic hydroxyl groups is 3. The van der Waals surface area contributed by atoms with E-state index in [9.17, 15) is 39.3 Å². The summed E-state index contributed by atoms with van der Waals surface area (Å²) in [6.45, 7) is 11.7. The summed E-state index contributed by atoms with van der Waals surface area (Å²) in [5.74, 6) is -6.36. The number of aliphatic hydroxyl groups excluding tert-OH is 2. The highest BCUT2D eigenvalue weighted by Gasteiger charge is 2.78. The van der Waals surface area contributed by atoms with Gasteiger partial charge in [-0.1, -0.05) is 32.0 Å². The van der Waals surface area contributed by atoms with Crippen molar-refractivity contribution in [3.05, 3.63) is 71.2 Å².